The molecule has 0 saturated carbocycles. The van der Waals surface area contributed by atoms with Crippen LogP contribution in [0.25, 0.3) is 11.1 Å². The fraction of sp³-hybridized carbons (Fsp3) is 0.556. The van der Waals surface area contributed by atoms with Crippen molar-refractivity contribution in [2.75, 3.05) is 6.61 Å². The molecule has 0 amide bonds. The molecular formula is C27H35F3O. The van der Waals surface area contributed by atoms with E-state index < -0.39 is 17.5 Å². The van der Waals surface area contributed by atoms with Crippen LogP contribution in [0.15, 0.2) is 30.3 Å². The van der Waals surface area contributed by atoms with Crippen LogP contribution in [0.4, 0.5) is 13.2 Å². The summed E-state index contributed by atoms with van der Waals surface area (Å²) in [6.07, 6.45) is 10.2. The van der Waals surface area contributed by atoms with E-state index in [-0.39, 0.29) is 17.0 Å². The average Bonchev–Trinajstić information content (AvgIpc) is 2.79. The number of aryl methyl sites for hydroxylation is 1. The monoisotopic (exact) mass is 432 g/mol. The second-order valence-corrected chi connectivity index (χ2v) is 8.82. The van der Waals surface area contributed by atoms with E-state index in [0.29, 0.717) is 24.7 Å². The summed E-state index contributed by atoms with van der Waals surface area (Å²) in [6.45, 7) is 4.87. The van der Waals surface area contributed by atoms with Gasteiger partial charge in [-0.1, -0.05) is 70.2 Å². The van der Waals surface area contributed by atoms with Crippen molar-refractivity contribution in [1.82, 2.24) is 0 Å². The lowest BCUT2D eigenvalue weighted by Gasteiger charge is -2.29. The molecule has 1 fully saturated rings. The molecule has 1 aliphatic rings. The van der Waals surface area contributed by atoms with Crippen molar-refractivity contribution in [1.29, 1.82) is 0 Å². The molecule has 2 atom stereocenters. The second kappa shape index (κ2) is 11.7. The van der Waals surface area contributed by atoms with E-state index in [0.717, 1.165) is 63.4 Å². The van der Waals surface area contributed by atoms with E-state index in [2.05, 4.69) is 13.8 Å². The van der Waals surface area contributed by atoms with E-state index in [9.17, 15) is 13.2 Å². The molecule has 1 aliphatic heterocycles. The van der Waals surface area contributed by atoms with Crippen LogP contribution in [0.5, 0.6) is 0 Å². The molecule has 0 radical (unpaired) electrons. The topological polar surface area (TPSA) is 9.23 Å². The number of halogens is 3. The highest BCUT2D eigenvalue weighted by molar-refractivity contribution is 5.66. The maximum Gasteiger partial charge on any atom is 0.167 e. The molecule has 2 aromatic carbocycles. The first-order valence-electron chi connectivity index (χ1n) is 11.9. The summed E-state index contributed by atoms with van der Waals surface area (Å²) >= 11 is 0. The Bertz CT molecular complexity index is 841. The lowest BCUT2D eigenvalue weighted by atomic mass is 9.89. The third-order valence-electron chi connectivity index (χ3n) is 6.47. The maximum atomic E-state index is 14.9. The maximum absolute atomic E-state index is 14.9. The zero-order chi connectivity index (χ0) is 22.2. The summed E-state index contributed by atoms with van der Waals surface area (Å²) in [5, 5.41) is 0. The van der Waals surface area contributed by atoms with E-state index in [1.807, 2.05) is 6.07 Å². The quantitative estimate of drug-likeness (QED) is 0.343. The molecule has 0 bridgehead atoms. The van der Waals surface area contributed by atoms with Crippen LogP contribution >= 0.6 is 0 Å². The van der Waals surface area contributed by atoms with Crippen molar-refractivity contribution in [3.05, 3.63) is 58.9 Å². The highest BCUT2D eigenvalue weighted by atomic mass is 19.2. The van der Waals surface area contributed by atoms with E-state index in [4.69, 9.17) is 4.74 Å². The Morgan fingerprint density at radius 3 is 2.29 bits per heavy atom. The summed E-state index contributed by atoms with van der Waals surface area (Å²) in [5.41, 5.74) is 1.32. The molecule has 0 aliphatic carbocycles. The first-order chi connectivity index (χ1) is 15.0. The van der Waals surface area contributed by atoms with Crippen LogP contribution in [-0.2, 0) is 11.2 Å². The number of benzene rings is 2. The van der Waals surface area contributed by atoms with Gasteiger partial charge in [0.25, 0.3) is 0 Å². The molecule has 3 rings (SSSR count). The van der Waals surface area contributed by atoms with Gasteiger partial charge in [-0.15, -0.1) is 0 Å². The Labute approximate surface area is 185 Å². The Morgan fingerprint density at radius 1 is 0.839 bits per heavy atom. The minimum absolute atomic E-state index is 0.0154. The highest BCUT2D eigenvalue weighted by Gasteiger charge is 2.24. The van der Waals surface area contributed by atoms with E-state index in [1.54, 1.807) is 12.1 Å². The molecule has 2 unspecified atom stereocenters. The lowest BCUT2D eigenvalue weighted by Crippen LogP contribution is -2.24. The van der Waals surface area contributed by atoms with Crippen molar-refractivity contribution in [3.63, 3.8) is 0 Å². The van der Waals surface area contributed by atoms with Gasteiger partial charge in [0, 0.05) is 17.0 Å². The zero-order valence-corrected chi connectivity index (χ0v) is 18.9. The number of unbranched alkanes of at least 4 members (excludes halogenated alkanes) is 4. The SMILES string of the molecule is CCCCCCc1ccc(-c2ccc(C3CCC(CCCC)OC3)cc2F)c(F)c1F. The van der Waals surface area contributed by atoms with Gasteiger partial charge in [-0.05, 0) is 49.3 Å². The predicted molar refractivity (Wildman–Crippen MR) is 121 cm³/mol. The number of ether oxygens (including phenoxy) is 1. The number of hydrogen-bond donors (Lipinski definition) is 0. The Balaban J connectivity index is 1.69. The smallest absolute Gasteiger partial charge is 0.167 e. The highest BCUT2D eigenvalue weighted by Crippen LogP contribution is 2.34. The van der Waals surface area contributed by atoms with Crippen LogP contribution in [0, 0.1) is 17.5 Å². The second-order valence-electron chi connectivity index (χ2n) is 8.82. The first kappa shape index (κ1) is 23.8. The van der Waals surface area contributed by atoms with Gasteiger partial charge in [0.2, 0.25) is 0 Å². The normalized spacial score (nSPS) is 19.0. The molecule has 2 aromatic rings. The predicted octanol–water partition coefficient (Wildman–Crippen LogP) is 8.35. The fourth-order valence-electron chi connectivity index (χ4n) is 4.46. The van der Waals surface area contributed by atoms with Crippen molar-refractivity contribution in [2.45, 2.75) is 90.1 Å². The number of rotatable bonds is 10. The Kier molecular flexibility index (Phi) is 9.01. The lowest BCUT2D eigenvalue weighted by molar-refractivity contribution is -0.00193. The van der Waals surface area contributed by atoms with E-state index in [1.165, 1.54) is 12.1 Å². The molecule has 4 heteroatoms. The van der Waals surface area contributed by atoms with Crippen LogP contribution in [-0.4, -0.2) is 12.7 Å². The Morgan fingerprint density at radius 2 is 1.61 bits per heavy atom. The molecule has 31 heavy (non-hydrogen) atoms. The minimum atomic E-state index is -0.959. The van der Waals surface area contributed by atoms with Crippen LogP contribution in [0.3, 0.4) is 0 Å². The summed E-state index contributed by atoms with van der Waals surface area (Å²) in [6, 6.07) is 7.97. The number of hydrogen-bond acceptors (Lipinski definition) is 1. The summed E-state index contributed by atoms with van der Waals surface area (Å²) in [5.74, 6) is -2.18. The van der Waals surface area contributed by atoms with Crippen LogP contribution < -0.4 is 0 Å². The van der Waals surface area contributed by atoms with Gasteiger partial charge in [0.05, 0.1) is 12.7 Å². The average molecular weight is 433 g/mol. The van der Waals surface area contributed by atoms with Gasteiger partial charge >= 0.3 is 0 Å². The summed E-state index contributed by atoms with van der Waals surface area (Å²) < 4.78 is 50.2. The van der Waals surface area contributed by atoms with Gasteiger partial charge < -0.3 is 4.74 Å². The molecule has 1 saturated heterocycles. The van der Waals surface area contributed by atoms with Crippen LogP contribution in [0.1, 0.15) is 88.7 Å². The molecule has 0 N–H and O–H groups in total. The summed E-state index contributed by atoms with van der Waals surface area (Å²) in [7, 11) is 0. The Hall–Kier alpha value is -1.81. The molecule has 0 spiro atoms. The van der Waals surface area contributed by atoms with E-state index >= 15 is 0 Å². The molecule has 1 heterocycles. The van der Waals surface area contributed by atoms with Crippen molar-refractivity contribution < 1.29 is 17.9 Å². The van der Waals surface area contributed by atoms with Gasteiger partial charge in [-0.2, -0.15) is 0 Å². The third-order valence-corrected chi connectivity index (χ3v) is 6.47. The zero-order valence-electron chi connectivity index (χ0n) is 18.9. The molecule has 0 aromatic heterocycles. The molecular weight excluding hydrogens is 397 g/mol. The minimum Gasteiger partial charge on any atom is -0.378 e. The summed E-state index contributed by atoms with van der Waals surface area (Å²) in [4.78, 5) is 0. The fourth-order valence-corrected chi connectivity index (χ4v) is 4.46. The molecule has 1 nitrogen and oxygen atoms in total. The molecule has 170 valence electrons. The third kappa shape index (κ3) is 6.12. The van der Waals surface area contributed by atoms with Gasteiger partial charge in [0.1, 0.15) is 5.82 Å². The van der Waals surface area contributed by atoms with Gasteiger partial charge in [-0.25, -0.2) is 13.2 Å². The largest absolute Gasteiger partial charge is 0.378 e. The standard InChI is InChI=1S/C27H35F3O/c1-3-5-7-8-9-19-12-16-24(27(30)26(19)29)23-15-13-20(17-25(23)28)21-11-14-22(31-18-21)10-6-4-2/h12-13,15-17,21-22H,3-11,14,18H2,1-2H3. The first-order valence-corrected chi connectivity index (χ1v) is 11.9. The van der Waals surface area contributed by atoms with Crippen molar-refractivity contribution in [2.24, 2.45) is 0 Å². The van der Waals surface area contributed by atoms with Crippen molar-refractivity contribution >= 4 is 0 Å². The van der Waals surface area contributed by atoms with Crippen LogP contribution in [0.2, 0.25) is 0 Å². The van der Waals surface area contributed by atoms with Gasteiger partial charge in [-0.3, -0.25) is 0 Å². The van der Waals surface area contributed by atoms with Gasteiger partial charge in [0.15, 0.2) is 11.6 Å². The van der Waals surface area contributed by atoms with Crippen molar-refractivity contribution in [3.8, 4) is 11.1 Å².